The molecular weight excluding hydrogens is 488 g/mol. The number of anilines is 2. The van der Waals surface area contributed by atoms with Gasteiger partial charge >= 0.3 is 5.97 Å². The lowest BCUT2D eigenvalue weighted by Crippen LogP contribution is -2.37. The van der Waals surface area contributed by atoms with Gasteiger partial charge in [-0.05, 0) is 50.1 Å². The lowest BCUT2D eigenvalue weighted by atomic mass is 10.2. The number of ether oxygens (including phenoxy) is 3. The van der Waals surface area contributed by atoms with E-state index < -0.39 is 0 Å². The van der Waals surface area contributed by atoms with E-state index in [9.17, 15) is 4.79 Å². The molecule has 0 aliphatic carbocycles. The molecule has 3 aromatic rings. The highest BCUT2D eigenvalue weighted by Crippen LogP contribution is 2.35. The maximum absolute atomic E-state index is 11.9. The number of benzene rings is 2. The number of rotatable bonds is 9. The monoisotopic (exact) mass is 514 g/mol. The predicted octanol–water partition coefficient (Wildman–Crippen LogP) is 4.55. The quantitative estimate of drug-likeness (QED) is 0.328. The van der Waals surface area contributed by atoms with Crippen molar-refractivity contribution >= 4 is 44.3 Å². The minimum absolute atomic E-state index is 0.141. The van der Waals surface area contributed by atoms with E-state index in [0.29, 0.717) is 23.9 Å². The molecule has 1 N–H and O–H groups in total. The Morgan fingerprint density at radius 2 is 2.09 bits per heavy atom. The number of halogens is 1. The van der Waals surface area contributed by atoms with Crippen LogP contribution in [0.3, 0.4) is 0 Å². The number of hydrogen-bond acceptors (Lipinski definition) is 8. The molecule has 1 atom stereocenters. The maximum atomic E-state index is 11.9. The smallest absolute Gasteiger partial charge is 0.323 e. The fourth-order valence-corrected chi connectivity index (χ4v) is 4.48. The molecule has 2 heterocycles. The van der Waals surface area contributed by atoms with Crippen LogP contribution >= 0.6 is 15.9 Å². The molecule has 0 amide bonds. The van der Waals surface area contributed by atoms with Gasteiger partial charge in [0.25, 0.3) is 0 Å². The molecule has 4 rings (SSSR count). The first-order valence-electron chi connectivity index (χ1n) is 10.9. The van der Waals surface area contributed by atoms with Gasteiger partial charge in [0.05, 0.1) is 26.3 Å². The Hall–Kier alpha value is -2.91. The molecule has 1 fully saturated rings. The van der Waals surface area contributed by atoms with Crippen LogP contribution in [0.2, 0.25) is 0 Å². The Kier molecular flexibility index (Phi) is 7.61. The zero-order valence-electron chi connectivity index (χ0n) is 18.7. The molecule has 0 radical (unpaired) electrons. The fourth-order valence-electron chi connectivity index (χ4n) is 4.09. The number of methoxy groups -OCH3 is 2. The van der Waals surface area contributed by atoms with E-state index in [1.807, 2.05) is 36.4 Å². The van der Waals surface area contributed by atoms with Gasteiger partial charge in [-0.15, -0.1) is 0 Å². The number of likely N-dealkylation sites (tertiary alicyclic amines) is 1. The van der Waals surface area contributed by atoms with Crippen LogP contribution in [-0.2, 0) is 9.53 Å². The van der Waals surface area contributed by atoms with E-state index in [1.165, 1.54) is 13.4 Å². The summed E-state index contributed by atoms with van der Waals surface area (Å²) in [6, 6.07) is 11.5. The SMILES string of the molecule is COC(=O)C1CCCN1CCCOc1cc2ncnc(Nc3cccc(Br)c3)c2cc1OC. The summed E-state index contributed by atoms with van der Waals surface area (Å²) in [6.07, 6.45) is 4.17. The van der Waals surface area contributed by atoms with Gasteiger partial charge in [-0.3, -0.25) is 9.69 Å². The standard InChI is InChI=1S/C24H27BrN4O4/c1-31-21-13-18-19(26-15-27-23(18)28-17-7-3-6-16(25)12-17)14-22(21)33-11-5-10-29-9-4-8-20(29)24(30)32-2/h3,6-7,12-15,20H,4-5,8-11H2,1-2H3,(H,26,27,28). The summed E-state index contributed by atoms with van der Waals surface area (Å²) < 4.78 is 17.5. The van der Waals surface area contributed by atoms with Crippen molar-refractivity contribution in [3.8, 4) is 11.5 Å². The van der Waals surface area contributed by atoms with E-state index in [-0.39, 0.29) is 12.0 Å². The third-order valence-corrected chi connectivity index (χ3v) is 6.19. The number of aromatic nitrogens is 2. The Balaban J connectivity index is 1.44. The Bertz CT molecular complexity index is 1130. The summed E-state index contributed by atoms with van der Waals surface area (Å²) in [5.74, 6) is 1.77. The van der Waals surface area contributed by atoms with Crippen molar-refractivity contribution in [2.45, 2.75) is 25.3 Å². The minimum Gasteiger partial charge on any atom is -0.493 e. The van der Waals surface area contributed by atoms with Crippen molar-refractivity contribution in [3.05, 3.63) is 47.2 Å². The highest BCUT2D eigenvalue weighted by molar-refractivity contribution is 9.10. The number of nitrogens with one attached hydrogen (secondary N) is 1. The van der Waals surface area contributed by atoms with E-state index >= 15 is 0 Å². The van der Waals surface area contributed by atoms with Crippen LogP contribution in [0.4, 0.5) is 11.5 Å². The average molecular weight is 515 g/mol. The molecule has 9 heteroatoms. The molecule has 174 valence electrons. The van der Waals surface area contributed by atoms with Crippen molar-refractivity contribution in [2.75, 3.05) is 39.2 Å². The van der Waals surface area contributed by atoms with E-state index in [1.54, 1.807) is 7.11 Å². The van der Waals surface area contributed by atoms with Crippen LogP contribution in [0, 0.1) is 0 Å². The van der Waals surface area contributed by atoms with Crippen LogP contribution in [0.15, 0.2) is 47.2 Å². The second-order valence-corrected chi connectivity index (χ2v) is 8.71. The molecule has 1 saturated heterocycles. The molecule has 1 aliphatic heterocycles. The zero-order valence-corrected chi connectivity index (χ0v) is 20.3. The minimum atomic E-state index is -0.156. The van der Waals surface area contributed by atoms with Crippen LogP contribution in [-0.4, -0.2) is 60.8 Å². The first-order chi connectivity index (χ1) is 16.1. The van der Waals surface area contributed by atoms with Gasteiger partial charge in [0.15, 0.2) is 11.5 Å². The molecule has 1 aromatic heterocycles. The van der Waals surface area contributed by atoms with Gasteiger partial charge < -0.3 is 19.5 Å². The molecule has 0 saturated carbocycles. The number of carbonyl (C=O) groups excluding carboxylic acids is 1. The van der Waals surface area contributed by atoms with Gasteiger partial charge in [-0.25, -0.2) is 9.97 Å². The second kappa shape index (κ2) is 10.8. The van der Waals surface area contributed by atoms with Crippen LogP contribution in [0.25, 0.3) is 10.9 Å². The largest absolute Gasteiger partial charge is 0.493 e. The van der Waals surface area contributed by atoms with E-state index in [2.05, 4.69) is 36.1 Å². The predicted molar refractivity (Wildman–Crippen MR) is 130 cm³/mol. The fraction of sp³-hybridized carbons (Fsp3) is 0.375. The van der Waals surface area contributed by atoms with E-state index in [0.717, 1.165) is 53.4 Å². The molecule has 33 heavy (non-hydrogen) atoms. The molecule has 2 aromatic carbocycles. The Labute approximate surface area is 201 Å². The number of carbonyl (C=O) groups is 1. The van der Waals surface area contributed by atoms with Gasteiger partial charge in [-0.2, -0.15) is 0 Å². The molecule has 0 spiro atoms. The van der Waals surface area contributed by atoms with Crippen molar-refractivity contribution in [3.63, 3.8) is 0 Å². The van der Waals surface area contributed by atoms with Gasteiger partial charge in [0, 0.05) is 28.2 Å². The summed E-state index contributed by atoms with van der Waals surface area (Å²) in [5.41, 5.74) is 1.67. The Morgan fingerprint density at radius 3 is 2.88 bits per heavy atom. The first-order valence-corrected chi connectivity index (χ1v) is 11.7. The topological polar surface area (TPSA) is 85.8 Å². The van der Waals surface area contributed by atoms with Crippen molar-refractivity contribution in [1.82, 2.24) is 14.9 Å². The highest BCUT2D eigenvalue weighted by Gasteiger charge is 2.30. The summed E-state index contributed by atoms with van der Waals surface area (Å²) in [5, 5.41) is 4.17. The highest BCUT2D eigenvalue weighted by atomic mass is 79.9. The lowest BCUT2D eigenvalue weighted by Gasteiger charge is -2.22. The summed E-state index contributed by atoms with van der Waals surface area (Å²) in [4.78, 5) is 22.9. The number of hydrogen-bond donors (Lipinski definition) is 1. The zero-order chi connectivity index (χ0) is 23.2. The average Bonchev–Trinajstić information content (AvgIpc) is 3.29. The number of esters is 1. The molecule has 1 unspecified atom stereocenters. The van der Waals surface area contributed by atoms with Crippen molar-refractivity contribution in [1.29, 1.82) is 0 Å². The van der Waals surface area contributed by atoms with Gasteiger partial charge in [-0.1, -0.05) is 22.0 Å². The molecule has 1 aliphatic rings. The Morgan fingerprint density at radius 1 is 1.21 bits per heavy atom. The lowest BCUT2D eigenvalue weighted by molar-refractivity contribution is -0.145. The molecule has 8 nitrogen and oxygen atoms in total. The maximum Gasteiger partial charge on any atom is 0.323 e. The third kappa shape index (κ3) is 5.54. The van der Waals surface area contributed by atoms with Crippen LogP contribution in [0.5, 0.6) is 11.5 Å². The van der Waals surface area contributed by atoms with Gasteiger partial charge in [0.1, 0.15) is 18.2 Å². The molecule has 0 bridgehead atoms. The number of fused-ring (bicyclic) bond motifs is 1. The third-order valence-electron chi connectivity index (χ3n) is 5.69. The van der Waals surface area contributed by atoms with Crippen molar-refractivity contribution in [2.24, 2.45) is 0 Å². The second-order valence-electron chi connectivity index (χ2n) is 7.80. The first kappa shape index (κ1) is 23.3. The van der Waals surface area contributed by atoms with Crippen LogP contribution in [0.1, 0.15) is 19.3 Å². The summed E-state index contributed by atoms with van der Waals surface area (Å²) >= 11 is 3.49. The van der Waals surface area contributed by atoms with Crippen LogP contribution < -0.4 is 14.8 Å². The summed E-state index contributed by atoms with van der Waals surface area (Å²) in [6.45, 7) is 2.18. The van der Waals surface area contributed by atoms with E-state index in [4.69, 9.17) is 14.2 Å². The van der Waals surface area contributed by atoms with Crippen molar-refractivity contribution < 1.29 is 19.0 Å². The normalized spacial score (nSPS) is 16.0. The summed E-state index contributed by atoms with van der Waals surface area (Å²) in [7, 11) is 3.06. The van der Waals surface area contributed by atoms with Gasteiger partial charge in [0.2, 0.25) is 0 Å². The molecular formula is C24H27BrN4O4. The number of nitrogens with zero attached hydrogens (tertiary/aromatic N) is 3.